The lowest BCUT2D eigenvalue weighted by Gasteiger charge is -2.27. The predicted molar refractivity (Wildman–Crippen MR) is 109 cm³/mol. The standard InChI is InChI=1S/C22H21N3O5/c26-19-8-9-20(27)25(19)18-6-4-15(5-7-18)21(28)23-17-3-1-2-16(14-17)22(29)24-10-12-30-13-11-24/h1-7,14H,8-13H2,(H,23,28). The lowest BCUT2D eigenvalue weighted by atomic mass is 10.1. The zero-order valence-corrected chi connectivity index (χ0v) is 16.3. The molecule has 0 saturated carbocycles. The molecule has 0 aliphatic carbocycles. The fourth-order valence-electron chi connectivity index (χ4n) is 3.51. The highest BCUT2D eigenvalue weighted by molar-refractivity contribution is 6.20. The van der Waals surface area contributed by atoms with Crippen molar-refractivity contribution in [2.45, 2.75) is 12.8 Å². The van der Waals surface area contributed by atoms with Gasteiger partial charge in [-0.05, 0) is 42.5 Å². The van der Waals surface area contributed by atoms with Crippen LogP contribution in [0.3, 0.4) is 0 Å². The number of benzene rings is 2. The van der Waals surface area contributed by atoms with E-state index >= 15 is 0 Å². The molecule has 0 radical (unpaired) electrons. The van der Waals surface area contributed by atoms with Gasteiger partial charge in [0.05, 0.1) is 18.9 Å². The van der Waals surface area contributed by atoms with E-state index in [9.17, 15) is 19.2 Å². The van der Waals surface area contributed by atoms with Crippen LogP contribution in [-0.4, -0.2) is 54.8 Å². The van der Waals surface area contributed by atoms with Gasteiger partial charge in [0.2, 0.25) is 11.8 Å². The zero-order chi connectivity index (χ0) is 21.1. The maximum absolute atomic E-state index is 12.6. The Hall–Kier alpha value is -3.52. The van der Waals surface area contributed by atoms with E-state index in [1.807, 2.05) is 0 Å². The molecule has 30 heavy (non-hydrogen) atoms. The molecule has 8 nitrogen and oxygen atoms in total. The Kier molecular flexibility index (Phi) is 5.58. The molecular weight excluding hydrogens is 386 g/mol. The number of nitrogens with zero attached hydrogens (tertiary/aromatic N) is 2. The molecule has 1 N–H and O–H groups in total. The van der Waals surface area contributed by atoms with Gasteiger partial charge < -0.3 is 15.0 Å². The molecule has 2 saturated heterocycles. The van der Waals surface area contributed by atoms with Crippen LogP contribution in [0.25, 0.3) is 0 Å². The van der Waals surface area contributed by atoms with Crippen LogP contribution in [0.1, 0.15) is 33.6 Å². The third-order valence-corrected chi connectivity index (χ3v) is 5.10. The van der Waals surface area contributed by atoms with Crippen molar-refractivity contribution in [2.24, 2.45) is 0 Å². The summed E-state index contributed by atoms with van der Waals surface area (Å²) in [6.07, 6.45) is 0.418. The fraction of sp³-hybridized carbons (Fsp3) is 0.273. The Morgan fingerprint density at radius 1 is 0.867 bits per heavy atom. The molecule has 0 aromatic heterocycles. The monoisotopic (exact) mass is 407 g/mol. The second-order valence-corrected chi connectivity index (χ2v) is 7.11. The van der Waals surface area contributed by atoms with Crippen molar-refractivity contribution in [3.05, 3.63) is 59.7 Å². The van der Waals surface area contributed by atoms with E-state index < -0.39 is 0 Å². The Labute approximate surface area is 173 Å². The largest absolute Gasteiger partial charge is 0.378 e. The van der Waals surface area contributed by atoms with Crippen LogP contribution < -0.4 is 10.2 Å². The lowest BCUT2D eigenvalue weighted by Crippen LogP contribution is -2.40. The molecule has 0 atom stereocenters. The molecule has 154 valence electrons. The van der Waals surface area contributed by atoms with Crippen LogP contribution in [-0.2, 0) is 14.3 Å². The SMILES string of the molecule is O=C(Nc1cccc(C(=O)N2CCOCC2)c1)c1ccc(N2C(=O)CCC2=O)cc1. The molecule has 2 aliphatic heterocycles. The van der Waals surface area contributed by atoms with Crippen molar-refractivity contribution in [2.75, 3.05) is 36.5 Å². The third kappa shape index (κ3) is 4.08. The maximum atomic E-state index is 12.6. The van der Waals surface area contributed by atoms with E-state index in [1.54, 1.807) is 53.4 Å². The highest BCUT2D eigenvalue weighted by Crippen LogP contribution is 2.23. The van der Waals surface area contributed by atoms with Crippen LogP contribution in [0.15, 0.2) is 48.5 Å². The molecule has 2 aliphatic rings. The number of ether oxygens (including phenoxy) is 1. The summed E-state index contributed by atoms with van der Waals surface area (Å²) >= 11 is 0. The molecule has 2 heterocycles. The summed E-state index contributed by atoms with van der Waals surface area (Å²) in [5, 5.41) is 2.78. The summed E-state index contributed by atoms with van der Waals surface area (Å²) in [5.41, 5.74) is 1.84. The van der Waals surface area contributed by atoms with Gasteiger partial charge in [0.25, 0.3) is 11.8 Å². The van der Waals surface area contributed by atoms with Crippen molar-refractivity contribution >= 4 is 35.0 Å². The number of rotatable bonds is 4. The van der Waals surface area contributed by atoms with E-state index in [4.69, 9.17) is 4.74 Å². The average molecular weight is 407 g/mol. The summed E-state index contributed by atoms with van der Waals surface area (Å²) in [4.78, 5) is 51.7. The molecule has 2 fully saturated rings. The van der Waals surface area contributed by atoms with Crippen molar-refractivity contribution in [3.63, 3.8) is 0 Å². The fourth-order valence-corrected chi connectivity index (χ4v) is 3.51. The van der Waals surface area contributed by atoms with Gasteiger partial charge >= 0.3 is 0 Å². The van der Waals surface area contributed by atoms with Crippen LogP contribution in [0, 0.1) is 0 Å². The first-order valence-corrected chi connectivity index (χ1v) is 9.77. The number of carbonyl (C=O) groups excluding carboxylic acids is 4. The van der Waals surface area contributed by atoms with Gasteiger partial charge in [-0.15, -0.1) is 0 Å². The number of carbonyl (C=O) groups is 4. The lowest BCUT2D eigenvalue weighted by molar-refractivity contribution is -0.121. The van der Waals surface area contributed by atoms with Gasteiger partial charge in [-0.3, -0.25) is 24.1 Å². The molecule has 8 heteroatoms. The van der Waals surface area contributed by atoms with Crippen molar-refractivity contribution < 1.29 is 23.9 Å². The van der Waals surface area contributed by atoms with Gasteiger partial charge in [-0.1, -0.05) is 6.07 Å². The van der Waals surface area contributed by atoms with E-state index in [2.05, 4.69) is 5.32 Å². The Morgan fingerprint density at radius 2 is 1.53 bits per heavy atom. The topological polar surface area (TPSA) is 96.0 Å². The van der Waals surface area contributed by atoms with Crippen molar-refractivity contribution in [1.29, 1.82) is 0 Å². The molecule has 2 aromatic carbocycles. The number of amides is 4. The first-order valence-electron chi connectivity index (χ1n) is 9.77. The van der Waals surface area contributed by atoms with Gasteiger partial charge in [0.1, 0.15) is 0 Å². The summed E-state index contributed by atoms with van der Waals surface area (Å²) < 4.78 is 5.27. The molecule has 4 rings (SSSR count). The van der Waals surface area contributed by atoms with E-state index in [0.717, 1.165) is 4.90 Å². The summed E-state index contributed by atoms with van der Waals surface area (Å²) in [6.45, 7) is 2.13. The van der Waals surface area contributed by atoms with E-state index in [-0.39, 0.29) is 36.5 Å². The Bertz CT molecular complexity index is 980. The third-order valence-electron chi connectivity index (χ3n) is 5.10. The maximum Gasteiger partial charge on any atom is 0.255 e. The highest BCUT2D eigenvalue weighted by Gasteiger charge is 2.30. The predicted octanol–water partition coefficient (Wildman–Crippen LogP) is 2.06. The minimum atomic E-state index is -0.350. The van der Waals surface area contributed by atoms with Crippen LogP contribution in [0.5, 0.6) is 0 Å². The molecule has 0 unspecified atom stereocenters. The summed E-state index contributed by atoms with van der Waals surface area (Å²) in [6, 6.07) is 13.1. The normalized spacial score (nSPS) is 16.7. The van der Waals surface area contributed by atoms with Gasteiger partial charge in [-0.2, -0.15) is 0 Å². The van der Waals surface area contributed by atoms with Crippen molar-refractivity contribution in [3.8, 4) is 0 Å². The van der Waals surface area contributed by atoms with Gasteiger partial charge in [0.15, 0.2) is 0 Å². The Balaban J connectivity index is 1.44. The minimum Gasteiger partial charge on any atom is -0.378 e. The second-order valence-electron chi connectivity index (χ2n) is 7.11. The number of anilines is 2. The minimum absolute atomic E-state index is 0.0984. The average Bonchev–Trinajstić information content (AvgIpc) is 3.12. The number of imide groups is 1. The van der Waals surface area contributed by atoms with Crippen LogP contribution >= 0.6 is 0 Å². The van der Waals surface area contributed by atoms with Crippen molar-refractivity contribution in [1.82, 2.24) is 4.90 Å². The molecule has 0 spiro atoms. The molecule has 2 aromatic rings. The van der Waals surface area contributed by atoms with E-state index in [1.165, 1.54) is 0 Å². The molecular formula is C22H21N3O5. The van der Waals surface area contributed by atoms with Gasteiger partial charge in [-0.25, -0.2) is 0 Å². The molecule has 0 bridgehead atoms. The second kappa shape index (κ2) is 8.46. The smallest absolute Gasteiger partial charge is 0.255 e. The zero-order valence-electron chi connectivity index (χ0n) is 16.3. The van der Waals surface area contributed by atoms with Crippen LogP contribution in [0.4, 0.5) is 11.4 Å². The first-order chi connectivity index (χ1) is 14.5. The first kappa shape index (κ1) is 19.8. The number of hydrogen-bond acceptors (Lipinski definition) is 5. The number of morpholine rings is 1. The molecule has 4 amide bonds. The van der Waals surface area contributed by atoms with Gasteiger partial charge in [0, 0.05) is 42.7 Å². The summed E-state index contributed by atoms with van der Waals surface area (Å²) in [7, 11) is 0. The summed E-state index contributed by atoms with van der Waals surface area (Å²) in [5.74, 6) is -0.923. The Morgan fingerprint density at radius 3 is 2.20 bits per heavy atom. The quantitative estimate of drug-likeness (QED) is 0.783. The highest BCUT2D eigenvalue weighted by atomic mass is 16.5. The van der Waals surface area contributed by atoms with E-state index in [0.29, 0.717) is 48.8 Å². The number of hydrogen-bond donors (Lipinski definition) is 1. The number of nitrogens with one attached hydrogen (secondary N) is 1. The van der Waals surface area contributed by atoms with Crippen LogP contribution in [0.2, 0.25) is 0 Å².